The molecule has 1 aliphatic rings. The van der Waals surface area contributed by atoms with Gasteiger partial charge in [0.15, 0.2) is 0 Å². The molecule has 1 saturated heterocycles. The summed E-state index contributed by atoms with van der Waals surface area (Å²) in [5.74, 6) is 0.496. The lowest BCUT2D eigenvalue weighted by atomic mass is 9.91. The molecule has 1 fully saturated rings. The Bertz CT molecular complexity index is 915. The number of carbonyl (C=O) groups excluding carboxylic acids is 1. The van der Waals surface area contributed by atoms with Gasteiger partial charge in [0.05, 0.1) is 13.7 Å². The van der Waals surface area contributed by atoms with Gasteiger partial charge in [0.1, 0.15) is 35.6 Å². The minimum atomic E-state index is -1.27. The molecular formula is C25H32O7S. The summed E-state index contributed by atoms with van der Waals surface area (Å²) in [6.45, 7) is 2.47. The van der Waals surface area contributed by atoms with Crippen molar-refractivity contribution in [3.8, 4) is 5.75 Å². The lowest BCUT2D eigenvalue weighted by Gasteiger charge is -2.40. The van der Waals surface area contributed by atoms with Gasteiger partial charge in [-0.15, -0.1) is 11.8 Å². The van der Waals surface area contributed by atoms with E-state index in [9.17, 15) is 20.1 Å². The number of hydrogen-bond donors (Lipinski definition) is 3. The largest absolute Gasteiger partial charge is 0.494 e. The van der Waals surface area contributed by atoms with Gasteiger partial charge in [0.2, 0.25) is 0 Å². The first kappa shape index (κ1) is 25.5. The summed E-state index contributed by atoms with van der Waals surface area (Å²) in [4.78, 5) is 11.1. The molecule has 180 valence electrons. The van der Waals surface area contributed by atoms with Crippen molar-refractivity contribution in [2.75, 3.05) is 20.0 Å². The number of aliphatic hydroxyl groups excluding tert-OH is 3. The quantitative estimate of drug-likeness (QED) is 0.375. The van der Waals surface area contributed by atoms with Gasteiger partial charge in [0.25, 0.3) is 0 Å². The van der Waals surface area contributed by atoms with Gasteiger partial charge in [-0.2, -0.15) is 0 Å². The van der Waals surface area contributed by atoms with Crippen molar-refractivity contribution < 1.29 is 34.3 Å². The average Bonchev–Trinajstić information content (AvgIpc) is 2.83. The Hall–Kier alpha value is -2.10. The number of ether oxygens (including phenoxy) is 3. The molecule has 3 N–H and O–H groups in total. The molecule has 2 aromatic carbocycles. The Morgan fingerprint density at radius 2 is 1.79 bits per heavy atom. The number of methoxy groups -OCH3 is 1. The summed E-state index contributed by atoms with van der Waals surface area (Å²) in [6.07, 6.45) is -0.945. The van der Waals surface area contributed by atoms with Crippen molar-refractivity contribution in [2.24, 2.45) is 0 Å². The van der Waals surface area contributed by atoms with Crippen molar-refractivity contribution in [1.29, 1.82) is 0 Å². The summed E-state index contributed by atoms with van der Waals surface area (Å²) >= 11 is 1.30. The molecule has 0 bridgehead atoms. The molecule has 8 heteroatoms. The highest BCUT2D eigenvalue weighted by atomic mass is 32.2. The van der Waals surface area contributed by atoms with Gasteiger partial charge in [-0.3, -0.25) is 4.79 Å². The average molecular weight is 477 g/mol. The molecule has 0 unspecified atom stereocenters. The maximum absolute atomic E-state index is 11.1. The van der Waals surface area contributed by atoms with Crippen molar-refractivity contribution in [2.45, 2.75) is 56.0 Å². The van der Waals surface area contributed by atoms with E-state index in [0.717, 1.165) is 28.0 Å². The van der Waals surface area contributed by atoms with E-state index in [1.165, 1.54) is 18.9 Å². The predicted octanol–water partition coefficient (Wildman–Crippen LogP) is 2.76. The molecule has 33 heavy (non-hydrogen) atoms. The normalized spacial score (nSPS) is 25.0. The lowest BCUT2D eigenvalue weighted by molar-refractivity contribution is -0.200. The third-order valence-corrected chi connectivity index (χ3v) is 6.70. The number of aliphatic hydroxyl groups is 3. The number of aryl methyl sites for hydroxylation is 1. The molecule has 1 aliphatic heterocycles. The number of thioether (sulfide) groups is 1. The monoisotopic (exact) mass is 476 g/mol. The van der Waals surface area contributed by atoms with Crippen molar-refractivity contribution >= 4 is 17.7 Å². The van der Waals surface area contributed by atoms with E-state index in [1.54, 1.807) is 6.26 Å². The number of benzene rings is 2. The Labute approximate surface area is 198 Å². The zero-order valence-electron chi connectivity index (χ0n) is 19.1. The Morgan fingerprint density at radius 1 is 1.06 bits per heavy atom. The number of hydrogen-bond acceptors (Lipinski definition) is 8. The molecule has 0 saturated carbocycles. The van der Waals surface area contributed by atoms with Gasteiger partial charge in [-0.05, 0) is 60.4 Å². The van der Waals surface area contributed by atoms with Crippen LogP contribution in [0, 0.1) is 6.92 Å². The zero-order valence-corrected chi connectivity index (χ0v) is 20.0. The van der Waals surface area contributed by atoms with Crippen LogP contribution in [0.2, 0.25) is 0 Å². The Balaban J connectivity index is 1.66. The van der Waals surface area contributed by atoms with Crippen molar-refractivity contribution in [3.63, 3.8) is 0 Å². The van der Waals surface area contributed by atoms with E-state index in [1.807, 2.05) is 49.4 Å². The molecule has 0 amide bonds. The van der Waals surface area contributed by atoms with Crippen LogP contribution in [0.5, 0.6) is 5.75 Å². The van der Waals surface area contributed by atoms with Crippen LogP contribution < -0.4 is 4.74 Å². The standard InChI is InChI=1S/C25H32O7S/c1-15-6-9-17(24-22(28)21(27)23(29)25(32-24)33-3)14-18(15)13-16-7-10-19(11-8-16)31-12-4-5-20(26)30-2/h6-11,14,21-25,27-29H,4-5,12-13H2,1-3H3/t21-,22-,23+,24+,25-/m1/s1. The van der Waals surface area contributed by atoms with Crippen LogP contribution in [0.4, 0.5) is 0 Å². The fourth-order valence-corrected chi connectivity index (χ4v) is 4.48. The molecule has 0 radical (unpaired) electrons. The maximum atomic E-state index is 11.1. The van der Waals surface area contributed by atoms with Gasteiger partial charge < -0.3 is 29.5 Å². The predicted molar refractivity (Wildman–Crippen MR) is 126 cm³/mol. The first-order valence-corrected chi connectivity index (χ1v) is 12.2. The fourth-order valence-electron chi connectivity index (χ4n) is 3.81. The molecule has 0 aromatic heterocycles. The Kier molecular flexibility index (Phi) is 9.17. The number of esters is 1. The van der Waals surface area contributed by atoms with E-state index < -0.39 is 29.9 Å². The molecule has 2 aromatic rings. The highest BCUT2D eigenvalue weighted by Crippen LogP contribution is 2.36. The number of carbonyl (C=O) groups is 1. The van der Waals surface area contributed by atoms with Crippen LogP contribution in [-0.2, 0) is 20.7 Å². The summed E-state index contributed by atoms with van der Waals surface area (Å²) in [6, 6.07) is 13.7. The Morgan fingerprint density at radius 3 is 2.45 bits per heavy atom. The first-order valence-electron chi connectivity index (χ1n) is 10.9. The smallest absolute Gasteiger partial charge is 0.305 e. The number of rotatable bonds is 9. The van der Waals surface area contributed by atoms with Crippen LogP contribution in [0.25, 0.3) is 0 Å². The molecule has 3 rings (SSSR count). The van der Waals surface area contributed by atoms with Gasteiger partial charge in [0, 0.05) is 6.42 Å². The third kappa shape index (κ3) is 6.49. The summed E-state index contributed by atoms with van der Waals surface area (Å²) in [5.41, 5.74) is 3.43. The van der Waals surface area contributed by atoms with E-state index in [-0.39, 0.29) is 5.97 Å². The van der Waals surface area contributed by atoms with Crippen molar-refractivity contribution in [1.82, 2.24) is 0 Å². The second kappa shape index (κ2) is 11.9. The van der Waals surface area contributed by atoms with E-state index >= 15 is 0 Å². The van der Waals surface area contributed by atoms with E-state index in [4.69, 9.17) is 9.47 Å². The van der Waals surface area contributed by atoms with Crippen LogP contribution in [-0.4, -0.2) is 65.0 Å². The van der Waals surface area contributed by atoms with Gasteiger partial charge in [-0.25, -0.2) is 0 Å². The second-order valence-electron chi connectivity index (χ2n) is 8.17. The molecular weight excluding hydrogens is 444 g/mol. The maximum Gasteiger partial charge on any atom is 0.305 e. The fraction of sp³-hybridized carbons (Fsp3) is 0.480. The zero-order chi connectivity index (χ0) is 24.0. The summed E-state index contributed by atoms with van der Waals surface area (Å²) in [5, 5.41) is 30.9. The van der Waals surface area contributed by atoms with Gasteiger partial charge in [-0.1, -0.05) is 30.3 Å². The van der Waals surface area contributed by atoms with Crippen LogP contribution in [0.15, 0.2) is 42.5 Å². The SMILES string of the molecule is COC(=O)CCCOc1ccc(Cc2cc([C@@H]3O[C@H](SC)[C@@H](O)[C@H](O)[C@H]3O)ccc2C)cc1. The third-order valence-electron chi connectivity index (χ3n) is 5.84. The summed E-state index contributed by atoms with van der Waals surface area (Å²) < 4.78 is 16.2. The first-order chi connectivity index (χ1) is 15.8. The van der Waals surface area contributed by atoms with E-state index in [2.05, 4.69) is 4.74 Å². The second-order valence-corrected chi connectivity index (χ2v) is 9.10. The minimum Gasteiger partial charge on any atom is -0.494 e. The lowest BCUT2D eigenvalue weighted by Crippen LogP contribution is -2.52. The highest BCUT2D eigenvalue weighted by Gasteiger charge is 2.44. The molecule has 1 heterocycles. The molecule has 7 nitrogen and oxygen atoms in total. The van der Waals surface area contributed by atoms with E-state index in [0.29, 0.717) is 25.9 Å². The van der Waals surface area contributed by atoms with Crippen LogP contribution in [0.1, 0.15) is 41.2 Å². The van der Waals surface area contributed by atoms with Gasteiger partial charge >= 0.3 is 5.97 Å². The molecule has 0 aliphatic carbocycles. The minimum absolute atomic E-state index is 0.243. The van der Waals surface area contributed by atoms with Crippen molar-refractivity contribution in [3.05, 3.63) is 64.7 Å². The topological polar surface area (TPSA) is 105 Å². The summed E-state index contributed by atoms with van der Waals surface area (Å²) in [7, 11) is 1.37. The van der Waals surface area contributed by atoms with Crippen LogP contribution in [0.3, 0.4) is 0 Å². The molecule has 5 atom stereocenters. The highest BCUT2D eigenvalue weighted by molar-refractivity contribution is 7.99. The molecule has 0 spiro atoms. The van der Waals surface area contributed by atoms with Crippen LogP contribution >= 0.6 is 11.8 Å².